The number of nitro benzene ring substituents is 1. The van der Waals surface area contributed by atoms with Crippen LogP contribution in [-0.2, 0) is 6.54 Å². The molecular formula is C14H20ClN3O2. The van der Waals surface area contributed by atoms with E-state index in [0.29, 0.717) is 0 Å². The molecule has 1 heterocycles. The number of likely N-dealkylation sites (tertiary alicyclic amines) is 1. The Kier molecular flexibility index (Phi) is 5.34. The first kappa shape index (κ1) is 15.2. The molecule has 1 saturated heterocycles. The first-order valence-electron chi connectivity index (χ1n) is 6.90. The third kappa shape index (κ3) is 3.91. The van der Waals surface area contributed by atoms with Crippen LogP contribution in [0.2, 0.25) is 5.02 Å². The van der Waals surface area contributed by atoms with Crippen molar-refractivity contribution in [3.8, 4) is 0 Å². The van der Waals surface area contributed by atoms with E-state index in [0.717, 1.165) is 37.7 Å². The molecular weight excluding hydrogens is 278 g/mol. The van der Waals surface area contributed by atoms with Crippen LogP contribution in [0.5, 0.6) is 0 Å². The van der Waals surface area contributed by atoms with Crippen molar-refractivity contribution in [2.75, 3.05) is 26.7 Å². The summed E-state index contributed by atoms with van der Waals surface area (Å²) in [7, 11) is 1.99. The summed E-state index contributed by atoms with van der Waals surface area (Å²) < 4.78 is 0. The molecule has 1 aliphatic rings. The highest BCUT2D eigenvalue weighted by molar-refractivity contribution is 6.32. The third-order valence-corrected chi connectivity index (χ3v) is 4.13. The number of halogens is 1. The Bertz CT molecular complexity index is 473. The summed E-state index contributed by atoms with van der Waals surface area (Å²) >= 11 is 5.83. The molecule has 0 spiro atoms. The van der Waals surface area contributed by atoms with Crippen molar-refractivity contribution in [1.82, 2.24) is 10.2 Å². The molecule has 0 radical (unpaired) electrons. The van der Waals surface area contributed by atoms with E-state index in [4.69, 9.17) is 11.6 Å². The molecule has 1 aromatic carbocycles. The lowest BCUT2D eigenvalue weighted by atomic mass is 9.96. The topological polar surface area (TPSA) is 58.4 Å². The summed E-state index contributed by atoms with van der Waals surface area (Å²) in [5, 5.41) is 14.3. The lowest BCUT2D eigenvalue weighted by Crippen LogP contribution is -2.36. The normalized spacial score (nSPS) is 17.3. The summed E-state index contributed by atoms with van der Waals surface area (Å²) in [6.07, 6.45) is 2.35. The second kappa shape index (κ2) is 7.02. The van der Waals surface area contributed by atoms with Gasteiger partial charge in [-0.2, -0.15) is 0 Å². The maximum atomic E-state index is 10.9. The van der Waals surface area contributed by atoms with Crippen LogP contribution in [0.4, 0.5) is 5.69 Å². The van der Waals surface area contributed by atoms with Gasteiger partial charge in [-0.15, -0.1) is 0 Å². The van der Waals surface area contributed by atoms with E-state index in [1.807, 2.05) is 13.1 Å². The first-order valence-corrected chi connectivity index (χ1v) is 7.27. The van der Waals surface area contributed by atoms with E-state index in [9.17, 15) is 10.1 Å². The quantitative estimate of drug-likeness (QED) is 0.670. The maximum absolute atomic E-state index is 10.9. The number of hydrogen-bond acceptors (Lipinski definition) is 4. The Hall–Kier alpha value is -1.17. The molecule has 2 rings (SSSR count). The second-order valence-electron chi connectivity index (χ2n) is 5.32. The highest BCUT2D eigenvalue weighted by Gasteiger charge is 2.20. The Labute approximate surface area is 124 Å². The lowest BCUT2D eigenvalue weighted by Gasteiger charge is -2.31. The van der Waals surface area contributed by atoms with Crippen molar-refractivity contribution in [3.63, 3.8) is 0 Å². The minimum Gasteiger partial charge on any atom is -0.319 e. The van der Waals surface area contributed by atoms with E-state index >= 15 is 0 Å². The lowest BCUT2D eigenvalue weighted by molar-refractivity contribution is -0.384. The third-order valence-electron chi connectivity index (χ3n) is 3.81. The molecule has 1 fully saturated rings. The minimum absolute atomic E-state index is 0.00534. The fraction of sp³-hybridized carbons (Fsp3) is 0.571. The van der Waals surface area contributed by atoms with Crippen LogP contribution in [0, 0.1) is 16.0 Å². The molecule has 1 N–H and O–H groups in total. The Morgan fingerprint density at radius 1 is 1.45 bits per heavy atom. The van der Waals surface area contributed by atoms with Crippen LogP contribution < -0.4 is 5.32 Å². The average Bonchev–Trinajstić information content (AvgIpc) is 2.43. The molecule has 20 heavy (non-hydrogen) atoms. The SMILES string of the molecule is CNCC1CCN(Cc2ccc(Cl)c([N+](=O)[O-])c2)CC1. The molecule has 0 aliphatic carbocycles. The Balaban J connectivity index is 1.94. The summed E-state index contributed by atoms with van der Waals surface area (Å²) in [6, 6.07) is 5.07. The molecule has 0 unspecified atom stereocenters. The number of nitro groups is 1. The zero-order valence-electron chi connectivity index (χ0n) is 11.6. The number of nitrogens with one attached hydrogen (secondary N) is 1. The Morgan fingerprint density at radius 2 is 2.15 bits per heavy atom. The fourth-order valence-corrected chi connectivity index (χ4v) is 2.88. The summed E-state index contributed by atoms with van der Waals surface area (Å²) in [5.41, 5.74) is 0.947. The minimum atomic E-state index is -0.426. The molecule has 5 nitrogen and oxygen atoms in total. The average molecular weight is 298 g/mol. The van der Waals surface area contributed by atoms with Crippen LogP contribution in [0.25, 0.3) is 0 Å². The van der Waals surface area contributed by atoms with Crippen LogP contribution in [0.3, 0.4) is 0 Å². The van der Waals surface area contributed by atoms with Crippen molar-refractivity contribution in [2.24, 2.45) is 5.92 Å². The number of nitrogens with zero attached hydrogens (tertiary/aromatic N) is 2. The molecule has 0 atom stereocenters. The van der Waals surface area contributed by atoms with E-state index in [1.54, 1.807) is 12.1 Å². The van der Waals surface area contributed by atoms with Crippen molar-refractivity contribution in [3.05, 3.63) is 38.9 Å². The standard InChI is InChI=1S/C14H20ClN3O2/c1-16-9-11-4-6-17(7-5-11)10-12-2-3-13(15)14(8-12)18(19)20/h2-3,8,11,16H,4-7,9-10H2,1H3. The predicted molar refractivity (Wildman–Crippen MR) is 80.0 cm³/mol. The van der Waals surface area contributed by atoms with Gasteiger partial charge in [0.15, 0.2) is 0 Å². The van der Waals surface area contributed by atoms with E-state index in [1.165, 1.54) is 12.8 Å². The van der Waals surface area contributed by atoms with Crippen LogP contribution in [-0.4, -0.2) is 36.5 Å². The summed E-state index contributed by atoms with van der Waals surface area (Å²) in [6.45, 7) is 3.91. The summed E-state index contributed by atoms with van der Waals surface area (Å²) in [4.78, 5) is 12.8. The fourth-order valence-electron chi connectivity index (χ4n) is 2.69. The highest BCUT2D eigenvalue weighted by Crippen LogP contribution is 2.26. The molecule has 6 heteroatoms. The second-order valence-corrected chi connectivity index (χ2v) is 5.73. The molecule has 0 aromatic heterocycles. The van der Waals surface area contributed by atoms with Crippen LogP contribution in [0.15, 0.2) is 18.2 Å². The summed E-state index contributed by atoms with van der Waals surface area (Å²) in [5.74, 6) is 0.746. The number of hydrogen-bond donors (Lipinski definition) is 1. The van der Waals surface area contributed by atoms with Gasteiger partial charge in [0.05, 0.1) is 4.92 Å². The van der Waals surface area contributed by atoms with Crippen molar-refractivity contribution in [2.45, 2.75) is 19.4 Å². The van der Waals surface area contributed by atoms with Crippen molar-refractivity contribution < 1.29 is 4.92 Å². The largest absolute Gasteiger partial charge is 0.319 e. The molecule has 1 aliphatic heterocycles. The van der Waals surface area contributed by atoms with Gasteiger partial charge in [0.25, 0.3) is 5.69 Å². The van der Waals surface area contributed by atoms with Gasteiger partial charge in [-0.25, -0.2) is 0 Å². The molecule has 110 valence electrons. The van der Waals surface area contributed by atoms with Gasteiger partial charge in [-0.05, 0) is 57.1 Å². The first-order chi connectivity index (χ1) is 9.60. The van der Waals surface area contributed by atoms with Gasteiger partial charge in [0, 0.05) is 12.6 Å². The smallest absolute Gasteiger partial charge is 0.288 e. The van der Waals surface area contributed by atoms with Crippen molar-refractivity contribution in [1.29, 1.82) is 0 Å². The highest BCUT2D eigenvalue weighted by atomic mass is 35.5. The molecule has 1 aromatic rings. The zero-order chi connectivity index (χ0) is 14.5. The van der Waals surface area contributed by atoms with Gasteiger partial charge in [0.2, 0.25) is 0 Å². The van der Waals surface area contributed by atoms with E-state index < -0.39 is 4.92 Å². The Morgan fingerprint density at radius 3 is 2.75 bits per heavy atom. The van der Waals surface area contributed by atoms with Crippen LogP contribution >= 0.6 is 11.6 Å². The number of benzene rings is 1. The van der Waals surface area contributed by atoms with Gasteiger partial charge in [0.1, 0.15) is 5.02 Å². The van der Waals surface area contributed by atoms with Gasteiger partial charge in [-0.3, -0.25) is 15.0 Å². The van der Waals surface area contributed by atoms with Crippen LogP contribution in [0.1, 0.15) is 18.4 Å². The van der Waals surface area contributed by atoms with Gasteiger partial charge in [-0.1, -0.05) is 17.7 Å². The van der Waals surface area contributed by atoms with Gasteiger partial charge >= 0.3 is 0 Å². The van der Waals surface area contributed by atoms with Crippen molar-refractivity contribution >= 4 is 17.3 Å². The number of piperidine rings is 1. The maximum Gasteiger partial charge on any atom is 0.288 e. The number of rotatable bonds is 5. The monoisotopic (exact) mass is 297 g/mol. The van der Waals surface area contributed by atoms with Gasteiger partial charge < -0.3 is 5.32 Å². The van der Waals surface area contributed by atoms with E-state index in [-0.39, 0.29) is 10.7 Å². The predicted octanol–water partition coefficient (Wildman–Crippen LogP) is 2.68. The zero-order valence-corrected chi connectivity index (χ0v) is 12.4. The van der Waals surface area contributed by atoms with E-state index in [2.05, 4.69) is 10.2 Å². The molecule has 0 amide bonds. The molecule has 0 bridgehead atoms. The molecule has 0 saturated carbocycles.